The summed E-state index contributed by atoms with van der Waals surface area (Å²) in [6.07, 6.45) is 3.24. The van der Waals surface area contributed by atoms with Gasteiger partial charge in [-0.3, -0.25) is 9.59 Å². The van der Waals surface area contributed by atoms with Crippen molar-refractivity contribution < 1.29 is 14.3 Å². The van der Waals surface area contributed by atoms with Crippen LogP contribution in [0.5, 0.6) is 0 Å². The van der Waals surface area contributed by atoms with Crippen LogP contribution >= 0.6 is 0 Å². The van der Waals surface area contributed by atoms with Gasteiger partial charge in [0.15, 0.2) is 0 Å². The molecule has 0 radical (unpaired) electrons. The van der Waals surface area contributed by atoms with E-state index in [0.29, 0.717) is 5.82 Å². The number of carbonyl (C=O) groups is 2. The minimum absolute atomic E-state index is 0.0647. The van der Waals surface area contributed by atoms with Gasteiger partial charge < -0.3 is 4.74 Å². The van der Waals surface area contributed by atoms with Crippen LogP contribution in [0.1, 0.15) is 12.8 Å². The van der Waals surface area contributed by atoms with Gasteiger partial charge >= 0.3 is 0 Å². The fourth-order valence-corrected chi connectivity index (χ4v) is 3.42. The summed E-state index contributed by atoms with van der Waals surface area (Å²) in [7, 11) is 0. The van der Waals surface area contributed by atoms with E-state index in [1.165, 1.54) is 4.90 Å². The molecule has 3 aliphatic heterocycles. The van der Waals surface area contributed by atoms with Crippen molar-refractivity contribution in [2.24, 2.45) is 11.8 Å². The average Bonchev–Trinajstić information content (AvgIpc) is 3.05. The summed E-state index contributed by atoms with van der Waals surface area (Å²) in [4.78, 5) is 30.1. The second-order valence-electron chi connectivity index (χ2n) is 5.04. The van der Waals surface area contributed by atoms with E-state index in [-0.39, 0.29) is 35.9 Å². The summed E-state index contributed by atoms with van der Waals surface area (Å²) >= 11 is 0. The van der Waals surface area contributed by atoms with Gasteiger partial charge in [-0.05, 0) is 25.0 Å². The molecule has 0 saturated carbocycles. The molecule has 1 aromatic heterocycles. The number of nitrogens with zero attached hydrogens (tertiary/aromatic N) is 2. The summed E-state index contributed by atoms with van der Waals surface area (Å²) in [6.45, 7) is 0. The zero-order chi connectivity index (χ0) is 12.3. The minimum atomic E-state index is -0.279. The van der Waals surface area contributed by atoms with Crippen LogP contribution < -0.4 is 4.90 Å². The molecule has 3 saturated heterocycles. The Morgan fingerprint density at radius 3 is 2.33 bits per heavy atom. The third kappa shape index (κ3) is 1.12. The molecular formula is C13H12N2O3. The van der Waals surface area contributed by atoms with E-state index in [2.05, 4.69) is 4.98 Å². The number of aromatic nitrogens is 1. The highest BCUT2D eigenvalue weighted by atomic mass is 16.5. The molecule has 0 N–H and O–H groups in total. The summed E-state index contributed by atoms with van der Waals surface area (Å²) in [5.74, 6) is -0.412. The van der Waals surface area contributed by atoms with Crippen LogP contribution in [0.25, 0.3) is 0 Å². The quantitative estimate of drug-likeness (QED) is 0.684. The van der Waals surface area contributed by atoms with E-state index < -0.39 is 0 Å². The zero-order valence-corrected chi connectivity index (χ0v) is 9.65. The first-order valence-electron chi connectivity index (χ1n) is 6.21. The van der Waals surface area contributed by atoms with Crippen LogP contribution in [0.3, 0.4) is 0 Å². The first kappa shape index (κ1) is 10.2. The molecular weight excluding hydrogens is 232 g/mol. The summed E-state index contributed by atoms with van der Waals surface area (Å²) in [5, 5.41) is 0. The molecule has 2 amide bonds. The average molecular weight is 244 g/mol. The van der Waals surface area contributed by atoms with Gasteiger partial charge in [0.25, 0.3) is 0 Å². The third-order valence-electron chi connectivity index (χ3n) is 4.16. The molecule has 5 heteroatoms. The number of anilines is 1. The molecule has 0 aliphatic carbocycles. The lowest BCUT2D eigenvalue weighted by Gasteiger charge is -2.15. The van der Waals surface area contributed by atoms with Crippen molar-refractivity contribution in [2.75, 3.05) is 4.90 Å². The molecule has 4 heterocycles. The van der Waals surface area contributed by atoms with Crippen LogP contribution in [0.2, 0.25) is 0 Å². The van der Waals surface area contributed by atoms with E-state index in [9.17, 15) is 9.59 Å². The Balaban J connectivity index is 1.76. The van der Waals surface area contributed by atoms with Gasteiger partial charge in [0.2, 0.25) is 11.8 Å². The molecule has 92 valence electrons. The Labute approximate surface area is 104 Å². The summed E-state index contributed by atoms with van der Waals surface area (Å²) in [5.41, 5.74) is 0. The lowest BCUT2D eigenvalue weighted by atomic mass is 9.81. The van der Waals surface area contributed by atoms with E-state index in [1.807, 2.05) is 0 Å². The molecule has 3 aliphatic rings. The van der Waals surface area contributed by atoms with Gasteiger partial charge in [-0.2, -0.15) is 0 Å². The number of pyridine rings is 1. The van der Waals surface area contributed by atoms with Crippen molar-refractivity contribution in [2.45, 2.75) is 25.0 Å². The van der Waals surface area contributed by atoms with E-state index in [0.717, 1.165) is 12.8 Å². The molecule has 0 aromatic carbocycles. The number of hydrogen-bond acceptors (Lipinski definition) is 4. The first-order chi connectivity index (χ1) is 8.77. The van der Waals surface area contributed by atoms with Crippen molar-refractivity contribution >= 4 is 17.6 Å². The molecule has 0 spiro atoms. The molecule has 2 bridgehead atoms. The molecule has 5 nitrogen and oxygen atoms in total. The topological polar surface area (TPSA) is 59.5 Å². The molecule has 18 heavy (non-hydrogen) atoms. The predicted octanol–water partition coefficient (Wildman–Crippen LogP) is 0.748. The standard InChI is InChI=1S/C13H12N2O3/c16-12-10-7-4-5-8(18-7)11(10)13(17)15(12)9-3-1-2-6-14-9/h1-3,6-8,10-11H,4-5H2/t7-,8-,10-,11+/m1/s1. The number of hydrogen-bond donors (Lipinski definition) is 0. The van der Waals surface area contributed by atoms with Gasteiger partial charge in [-0.1, -0.05) is 6.07 Å². The Morgan fingerprint density at radius 1 is 1.11 bits per heavy atom. The largest absolute Gasteiger partial charge is 0.373 e. The van der Waals surface area contributed by atoms with Gasteiger partial charge in [0.05, 0.1) is 24.0 Å². The Morgan fingerprint density at radius 2 is 1.78 bits per heavy atom. The van der Waals surface area contributed by atoms with Crippen molar-refractivity contribution in [3.63, 3.8) is 0 Å². The van der Waals surface area contributed by atoms with Gasteiger partial charge in [-0.25, -0.2) is 9.88 Å². The van der Waals surface area contributed by atoms with Gasteiger partial charge in [0, 0.05) is 6.20 Å². The number of rotatable bonds is 1. The van der Waals surface area contributed by atoms with Crippen molar-refractivity contribution in [3.8, 4) is 0 Å². The fourth-order valence-electron chi connectivity index (χ4n) is 3.42. The summed E-state index contributed by atoms with van der Waals surface area (Å²) in [6, 6.07) is 5.24. The number of fused-ring (bicyclic) bond motifs is 5. The molecule has 4 atom stereocenters. The van der Waals surface area contributed by atoms with Crippen molar-refractivity contribution in [3.05, 3.63) is 24.4 Å². The number of imide groups is 1. The minimum Gasteiger partial charge on any atom is -0.373 e. The SMILES string of the molecule is O=C1[C@@H]2[C@H](C(=O)N1c1ccccn1)[C@H]1CC[C@H]2O1. The van der Waals surface area contributed by atoms with E-state index in [4.69, 9.17) is 4.74 Å². The monoisotopic (exact) mass is 244 g/mol. The summed E-state index contributed by atoms with van der Waals surface area (Å²) < 4.78 is 5.68. The maximum atomic E-state index is 12.4. The molecule has 3 fully saturated rings. The predicted molar refractivity (Wildman–Crippen MR) is 61.6 cm³/mol. The third-order valence-corrected chi connectivity index (χ3v) is 4.16. The fraction of sp³-hybridized carbons (Fsp3) is 0.462. The lowest BCUT2D eigenvalue weighted by Crippen LogP contribution is -2.34. The smallest absolute Gasteiger partial charge is 0.241 e. The Hall–Kier alpha value is -1.75. The molecule has 1 aromatic rings. The maximum Gasteiger partial charge on any atom is 0.241 e. The highest BCUT2D eigenvalue weighted by Crippen LogP contribution is 2.49. The number of amides is 2. The second-order valence-corrected chi connectivity index (χ2v) is 5.04. The Bertz CT molecular complexity index is 502. The highest BCUT2D eigenvalue weighted by Gasteiger charge is 2.62. The van der Waals surface area contributed by atoms with Crippen LogP contribution in [-0.4, -0.2) is 29.0 Å². The number of ether oxygens (including phenoxy) is 1. The van der Waals surface area contributed by atoms with E-state index in [1.54, 1.807) is 24.4 Å². The van der Waals surface area contributed by atoms with Crippen molar-refractivity contribution in [1.82, 2.24) is 4.98 Å². The first-order valence-corrected chi connectivity index (χ1v) is 6.21. The van der Waals surface area contributed by atoms with Crippen molar-refractivity contribution in [1.29, 1.82) is 0 Å². The highest BCUT2D eigenvalue weighted by molar-refractivity contribution is 6.22. The van der Waals surface area contributed by atoms with E-state index >= 15 is 0 Å². The number of carbonyl (C=O) groups excluding carboxylic acids is 2. The molecule has 4 rings (SSSR count). The second kappa shape index (κ2) is 3.38. The van der Waals surface area contributed by atoms with Crippen LogP contribution in [-0.2, 0) is 14.3 Å². The Kier molecular flexibility index (Phi) is 1.92. The molecule has 0 unspecified atom stereocenters. The van der Waals surface area contributed by atoms with Crippen LogP contribution in [0.15, 0.2) is 24.4 Å². The maximum absolute atomic E-state index is 12.4. The van der Waals surface area contributed by atoms with Crippen LogP contribution in [0, 0.1) is 11.8 Å². The normalized spacial score (nSPS) is 37.4. The van der Waals surface area contributed by atoms with Gasteiger partial charge in [-0.15, -0.1) is 0 Å². The van der Waals surface area contributed by atoms with Gasteiger partial charge in [0.1, 0.15) is 5.82 Å². The lowest BCUT2D eigenvalue weighted by molar-refractivity contribution is -0.124. The van der Waals surface area contributed by atoms with Crippen LogP contribution in [0.4, 0.5) is 5.82 Å². The zero-order valence-electron chi connectivity index (χ0n) is 9.65.